The zero-order chi connectivity index (χ0) is 13.2. The molecule has 1 aromatic carbocycles. The van der Waals surface area contributed by atoms with E-state index in [-0.39, 0.29) is 10.8 Å². The first-order valence-electron chi connectivity index (χ1n) is 5.28. The summed E-state index contributed by atoms with van der Waals surface area (Å²) in [5, 5.41) is 0.863. The van der Waals surface area contributed by atoms with Gasteiger partial charge in [-0.25, -0.2) is 12.8 Å². The first-order chi connectivity index (χ1) is 8.55. The fourth-order valence-electron chi connectivity index (χ4n) is 1.68. The third-order valence-electron chi connectivity index (χ3n) is 2.61. The molecule has 1 heterocycles. The van der Waals surface area contributed by atoms with E-state index >= 15 is 0 Å². The highest BCUT2D eigenvalue weighted by Gasteiger charge is 2.28. The molecule has 2 aromatic rings. The number of hydrogen-bond donors (Lipinski definition) is 1. The minimum atomic E-state index is -3.50. The second kappa shape index (κ2) is 5.17. The van der Waals surface area contributed by atoms with Crippen LogP contribution in [0.1, 0.15) is 10.8 Å². The largest absolute Gasteiger partial charge is 0.329 e. The average Bonchev–Trinajstić information content (AvgIpc) is 2.86. The predicted molar refractivity (Wildman–Crippen MR) is 69.7 cm³/mol. The first-order valence-corrected chi connectivity index (χ1v) is 7.71. The van der Waals surface area contributed by atoms with Gasteiger partial charge in [0.2, 0.25) is 0 Å². The van der Waals surface area contributed by atoms with Crippen molar-refractivity contribution < 1.29 is 12.8 Å². The number of thiophene rings is 1. The molecular formula is C12H12FNO2S2. The van der Waals surface area contributed by atoms with E-state index in [9.17, 15) is 12.8 Å². The number of halogens is 1. The molecule has 2 rings (SSSR count). The maximum Gasteiger partial charge on any atom is 0.195 e. The molecule has 0 radical (unpaired) electrons. The van der Waals surface area contributed by atoms with Gasteiger partial charge in [-0.2, -0.15) is 0 Å². The van der Waals surface area contributed by atoms with Gasteiger partial charge in [-0.05, 0) is 29.1 Å². The minimum Gasteiger partial charge on any atom is -0.329 e. The molecule has 0 bridgehead atoms. The van der Waals surface area contributed by atoms with Gasteiger partial charge in [0.25, 0.3) is 0 Å². The molecule has 0 unspecified atom stereocenters. The van der Waals surface area contributed by atoms with Crippen LogP contribution in [0.4, 0.5) is 4.39 Å². The highest BCUT2D eigenvalue weighted by atomic mass is 32.2. The lowest BCUT2D eigenvalue weighted by Crippen LogP contribution is -2.21. The Hall–Kier alpha value is -1.24. The molecule has 0 spiro atoms. The van der Waals surface area contributed by atoms with Gasteiger partial charge >= 0.3 is 0 Å². The van der Waals surface area contributed by atoms with Crippen molar-refractivity contribution in [2.75, 3.05) is 6.54 Å². The molecule has 3 nitrogen and oxygen atoms in total. The molecular weight excluding hydrogens is 273 g/mol. The van der Waals surface area contributed by atoms with Crippen LogP contribution in [0.25, 0.3) is 0 Å². The van der Waals surface area contributed by atoms with Gasteiger partial charge in [0.05, 0.1) is 0 Å². The Morgan fingerprint density at radius 2 is 1.89 bits per heavy atom. The smallest absolute Gasteiger partial charge is 0.195 e. The van der Waals surface area contributed by atoms with Gasteiger partial charge in [-0.1, -0.05) is 18.2 Å². The van der Waals surface area contributed by atoms with Crippen molar-refractivity contribution in [1.82, 2.24) is 0 Å². The molecule has 2 N–H and O–H groups in total. The molecule has 18 heavy (non-hydrogen) atoms. The van der Waals surface area contributed by atoms with E-state index in [4.69, 9.17) is 5.73 Å². The van der Waals surface area contributed by atoms with E-state index in [2.05, 4.69) is 0 Å². The van der Waals surface area contributed by atoms with Crippen molar-refractivity contribution in [3.05, 3.63) is 53.2 Å². The van der Waals surface area contributed by atoms with Gasteiger partial charge in [0, 0.05) is 6.54 Å². The number of sulfone groups is 1. The lowest BCUT2D eigenvalue weighted by molar-refractivity contribution is 0.584. The standard InChI is InChI=1S/C12H12FNO2S2/c13-10-5-3-9(4-6-10)11(8-14)18(15,16)12-2-1-7-17-12/h1-7,11H,8,14H2/t11-/m1/s1. The monoisotopic (exact) mass is 285 g/mol. The Kier molecular flexibility index (Phi) is 3.79. The van der Waals surface area contributed by atoms with Crippen molar-refractivity contribution >= 4 is 21.2 Å². The molecule has 0 fully saturated rings. The van der Waals surface area contributed by atoms with Crippen LogP contribution in [0.5, 0.6) is 0 Å². The van der Waals surface area contributed by atoms with Crippen LogP contribution in [0.2, 0.25) is 0 Å². The van der Waals surface area contributed by atoms with Crippen LogP contribution in [0.3, 0.4) is 0 Å². The van der Waals surface area contributed by atoms with Crippen LogP contribution >= 0.6 is 11.3 Å². The van der Waals surface area contributed by atoms with E-state index in [1.807, 2.05) is 0 Å². The van der Waals surface area contributed by atoms with E-state index in [0.717, 1.165) is 11.3 Å². The van der Waals surface area contributed by atoms with Crippen molar-refractivity contribution in [2.24, 2.45) is 5.73 Å². The lowest BCUT2D eigenvalue weighted by atomic mass is 10.1. The Balaban J connectivity index is 2.43. The summed E-state index contributed by atoms with van der Waals surface area (Å²) in [5.74, 6) is -0.400. The summed E-state index contributed by atoms with van der Waals surface area (Å²) in [6.07, 6.45) is 0. The van der Waals surface area contributed by atoms with E-state index in [1.54, 1.807) is 17.5 Å². The molecule has 0 amide bonds. The topological polar surface area (TPSA) is 60.2 Å². The SMILES string of the molecule is NC[C@H](c1ccc(F)cc1)S(=O)(=O)c1cccs1. The van der Waals surface area contributed by atoms with Crippen LogP contribution in [0.15, 0.2) is 46.0 Å². The summed E-state index contributed by atoms with van der Waals surface area (Å²) in [4.78, 5) is 0. The molecule has 0 saturated carbocycles. The number of rotatable bonds is 4. The van der Waals surface area contributed by atoms with Crippen molar-refractivity contribution in [2.45, 2.75) is 9.46 Å². The fraction of sp³-hybridized carbons (Fsp3) is 0.167. The lowest BCUT2D eigenvalue weighted by Gasteiger charge is -2.15. The van der Waals surface area contributed by atoms with Crippen LogP contribution in [-0.2, 0) is 9.84 Å². The maximum atomic E-state index is 12.8. The summed E-state index contributed by atoms with van der Waals surface area (Å²) >= 11 is 1.15. The van der Waals surface area contributed by atoms with E-state index < -0.39 is 20.9 Å². The Labute approximate surface area is 109 Å². The predicted octanol–water partition coefficient (Wildman–Crippen LogP) is 2.36. The average molecular weight is 285 g/mol. The number of benzene rings is 1. The highest BCUT2D eigenvalue weighted by Crippen LogP contribution is 2.30. The van der Waals surface area contributed by atoms with Crippen LogP contribution < -0.4 is 5.73 Å². The van der Waals surface area contributed by atoms with Gasteiger partial charge < -0.3 is 5.73 Å². The van der Waals surface area contributed by atoms with Gasteiger partial charge in [-0.15, -0.1) is 11.3 Å². The molecule has 1 atom stereocenters. The molecule has 6 heteroatoms. The van der Waals surface area contributed by atoms with Gasteiger partial charge in [-0.3, -0.25) is 0 Å². The molecule has 0 saturated heterocycles. The number of hydrogen-bond acceptors (Lipinski definition) is 4. The second-order valence-electron chi connectivity index (χ2n) is 3.75. The normalized spacial score (nSPS) is 13.4. The summed E-state index contributed by atoms with van der Waals surface area (Å²) in [7, 11) is -3.50. The summed E-state index contributed by atoms with van der Waals surface area (Å²) in [6, 6.07) is 8.61. The maximum absolute atomic E-state index is 12.8. The molecule has 0 aliphatic carbocycles. The van der Waals surface area contributed by atoms with E-state index in [1.165, 1.54) is 24.3 Å². The Bertz CT molecular complexity index is 606. The Morgan fingerprint density at radius 3 is 2.39 bits per heavy atom. The third-order valence-corrected chi connectivity index (χ3v) is 6.16. The molecule has 0 aliphatic rings. The van der Waals surface area contributed by atoms with Gasteiger partial charge in [0.1, 0.15) is 15.3 Å². The fourth-order valence-corrected chi connectivity index (χ4v) is 4.50. The third kappa shape index (κ3) is 2.45. The zero-order valence-electron chi connectivity index (χ0n) is 9.41. The Morgan fingerprint density at radius 1 is 1.22 bits per heavy atom. The quantitative estimate of drug-likeness (QED) is 0.938. The summed E-state index contributed by atoms with van der Waals surface area (Å²) < 4.78 is 37.8. The molecule has 1 aromatic heterocycles. The van der Waals surface area contributed by atoms with E-state index in [0.29, 0.717) is 5.56 Å². The zero-order valence-corrected chi connectivity index (χ0v) is 11.0. The van der Waals surface area contributed by atoms with Crippen molar-refractivity contribution in [1.29, 1.82) is 0 Å². The summed E-state index contributed by atoms with van der Waals surface area (Å²) in [6.45, 7) is -0.0358. The summed E-state index contributed by atoms with van der Waals surface area (Å²) in [5.41, 5.74) is 6.07. The van der Waals surface area contributed by atoms with Crippen molar-refractivity contribution in [3.63, 3.8) is 0 Å². The molecule has 96 valence electrons. The number of nitrogens with two attached hydrogens (primary N) is 1. The minimum absolute atomic E-state index is 0.0358. The van der Waals surface area contributed by atoms with Crippen LogP contribution in [0, 0.1) is 5.82 Å². The highest BCUT2D eigenvalue weighted by molar-refractivity contribution is 7.93. The molecule has 0 aliphatic heterocycles. The first kappa shape index (κ1) is 13.2. The van der Waals surface area contributed by atoms with Crippen LogP contribution in [-0.4, -0.2) is 15.0 Å². The van der Waals surface area contributed by atoms with Crippen molar-refractivity contribution in [3.8, 4) is 0 Å². The van der Waals surface area contributed by atoms with Gasteiger partial charge in [0.15, 0.2) is 9.84 Å². The second-order valence-corrected chi connectivity index (χ2v) is 7.06.